The molecular weight excluding hydrogens is 258 g/mol. The summed E-state index contributed by atoms with van der Waals surface area (Å²) in [5.41, 5.74) is -0.989. The van der Waals surface area contributed by atoms with Gasteiger partial charge in [-0.25, -0.2) is 9.78 Å². The number of hydrogen-bond acceptors (Lipinski definition) is 6. The number of carbonyl (C=O) groups is 3. The van der Waals surface area contributed by atoms with Crippen LogP contribution in [0.5, 0.6) is 0 Å². The lowest BCUT2D eigenvalue weighted by Crippen LogP contribution is -2.26. The van der Waals surface area contributed by atoms with Gasteiger partial charge in [-0.2, -0.15) is 0 Å². The van der Waals surface area contributed by atoms with E-state index in [9.17, 15) is 24.5 Å². The van der Waals surface area contributed by atoms with E-state index in [1.165, 1.54) is 0 Å². The van der Waals surface area contributed by atoms with E-state index in [1.807, 2.05) is 0 Å². The van der Waals surface area contributed by atoms with Gasteiger partial charge < -0.3 is 5.11 Å². The van der Waals surface area contributed by atoms with E-state index in [0.717, 1.165) is 17.2 Å². The summed E-state index contributed by atoms with van der Waals surface area (Å²) < 4.78 is 0. The summed E-state index contributed by atoms with van der Waals surface area (Å²) in [6, 6.07) is 0.806. The van der Waals surface area contributed by atoms with Crippen molar-refractivity contribution in [1.82, 2.24) is 4.98 Å². The quantitative estimate of drug-likeness (QED) is 0.462. The molecule has 19 heavy (non-hydrogen) atoms. The zero-order chi connectivity index (χ0) is 14.2. The number of nitro groups is 1. The van der Waals surface area contributed by atoms with Gasteiger partial charge in [-0.05, 0) is 0 Å². The van der Waals surface area contributed by atoms with Gasteiger partial charge in [0.25, 0.3) is 0 Å². The number of carbonyl (C=O) groups excluding carboxylic acids is 2. The van der Waals surface area contributed by atoms with Crippen LogP contribution >= 0.6 is 0 Å². The molecular formula is C10H7N3O6. The minimum absolute atomic E-state index is 0.293. The second-order valence-electron chi connectivity index (χ2n) is 3.82. The number of aromatic nitrogens is 1. The van der Waals surface area contributed by atoms with E-state index in [2.05, 4.69) is 4.98 Å². The maximum atomic E-state index is 11.5. The Morgan fingerprint density at radius 3 is 2.63 bits per heavy atom. The molecule has 9 nitrogen and oxygen atoms in total. The second kappa shape index (κ2) is 4.44. The van der Waals surface area contributed by atoms with Crippen molar-refractivity contribution in [2.24, 2.45) is 0 Å². The molecule has 9 heteroatoms. The van der Waals surface area contributed by atoms with Gasteiger partial charge >= 0.3 is 11.7 Å². The average molecular weight is 265 g/mol. The topological polar surface area (TPSA) is 131 Å². The number of nitrogens with zero attached hydrogens (tertiary/aromatic N) is 3. The number of rotatable bonds is 3. The van der Waals surface area contributed by atoms with E-state index >= 15 is 0 Å². The number of hydrogen-bond donors (Lipinski definition) is 1. The standard InChI is InChI=1S/C10H7N3O6/c14-6-2-8(15)12(4-6)9-7(13(18)19)1-5(3-11-9)10(16)17/h1,3H,2,4H2,(H,16,17). The molecule has 0 spiro atoms. The SMILES string of the molecule is O=C1CC(=O)N(c2ncc(C(=O)O)cc2[N+](=O)[O-])C1. The molecule has 2 rings (SSSR count). The summed E-state index contributed by atoms with van der Waals surface area (Å²) in [5.74, 6) is -2.65. The smallest absolute Gasteiger partial charge is 0.337 e. The summed E-state index contributed by atoms with van der Waals surface area (Å²) >= 11 is 0. The van der Waals surface area contributed by atoms with Crippen LogP contribution in [0.4, 0.5) is 11.5 Å². The highest BCUT2D eigenvalue weighted by Gasteiger charge is 2.34. The summed E-state index contributed by atoms with van der Waals surface area (Å²) in [5, 5.41) is 19.6. The van der Waals surface area contributed by atoms with Gasteiger partial charge in [0.1, 0.15) is 0 Å². The van der Waals surface area contributed by atoms with E-state index in [0.29, 0.717) is 0 Å². The minimum Gasteiger partial charge on any atom is -0.478 e. The number of amides is 1. The minimum atomic E-state index is -1.37. The number of ketones is 1. The van der Waals surface area contributed by atoms with Gasteiger partial charge in [-0.3, -0.25) is 24.6 Å². The van der Waals surface area contributed by atoms with Crippen molar-refractivity contribution >= 4 is 29.2 Å². The predicted molar refractivity (Wildman–Crippen MR) is 59.8 cm³/mol. The van der Waals surface area contributed by atoms with Crippen molar-refractivity contribution < 1.29 is 24.4 Å². The molecule has 1 saturated heterocycles. The Morgan fingerprint density at radius 1 is 1.47 bits per heavy atom. The highest BCUT2D eigenvalue weighted by Crippen LogP contribution is 2.29. The summed E-state index contributed by atoms with van der Waals surface area (Å²) in [6.45, 7) is -0.293. The van der Waals surface area contributed by atoms with E-state index in [-0.39, 0.29) is 30.1 Å². The Kier molecular flexibility index (Phi) is 2.95. The molecule has 1 amide bonds. The van der Waals surface area contributed by atoms with Gasteiger partial charge in [-0.15, -0.1) is 0 Å². The van der Waals surface area contributed by atoms with Gasteiger partial charge in [0, 0.05) is 12.3 Å². The van der Waals surface area contributed by atoms with Crippen LogP contribution in [-0.4, -0.2) is 39.2 Å². The maximum Gasteiger partial charge on any atom is 0.337 e. The molecule has 0 unspecified atom stereocenters. The lowest BCUT2D eigenvalue weighted by atomic mass is 10.2. The third kappa shape index (κ3) is 2.25. The molecule has 0 saturated carbocycles. The molecule has 0 atom stereocenters. The third-order valence-electron chi connectivity index (χ3n) is 2.53. The zero-order valence-electron chi connectivity index (χ0n) is 9.40. The van der Waals surface area contributed by atoms with Crippen molar-refractivity contribution in [3.05, 3.63) is 27.9 Å². The fourth-order valence-corrected chi connectivity index (χ4v) is 1.68. The first-order valence-corrected chi connectivity index (χ1v) is 5.10. The van der Waals surface area contributed by atoms with Crippen molar-refractivity contribution in [2.45, 2.75) is 6.42 Å². The van der Waals surface area contributed by atoms with Crippen LogP contribution in [0.25, 0.3) is 0 Å². The van der Waals surface area contributed by atoms with Crippen LogP contribution < -0.4 is 4.90 Å². The van der Waals surface area contributed by atoms with Crippen molar-refractivity contribution in [2.75, 3.05) is 11.4 Å². The largest absolute Gasteiger partial charge is 0.478 e. The highest BCUT2D eigenvalue weighted by molar-refractivity contribution is 6.15. The molecule has 0 radical (unpaired) electrons. The maximum absolute atomic E-state index is 11.5. The van der Waals surface area contributed by atoms with E-state index in [1.54, 1.807) is 0 Å². The van der Waals surface area contributed by atoms with Gasteiger partial charge in [-0.1, -0.05) is 0 Å². The Morgan fingerprint density at radius 2 is 2.16 bits per heavy atom. The lowest BCUT2D eigenvalue weighted by Gasteiger charge is -2.13. The van der Waals surface area contributed by atoms with Crippen LogP contribution in [0.15, 0.2) is 12.3 Å². The number of anilines is 1. The van der Waals surface area contributed by atoms with Gasteiger partial charge in [0.2, 0.25) is 11.7 Å². The van der Waals surface area contributed by atoms with Crippen LogP contribution in [0.2, 0.25) is 0 Å². The fraction of sp³-hybridized carbons (Fsp3) is 0.200. The Balaban J connectivity index is 2.51. The number of aromatic carboxylic acids is 1. The van der Waals surface area contributed by atoms with Crippen molar-refractivity contribution in [3.63, 3.8) is 0 Å². The number of pyridine rings is 1. The lowest BCUT2D eigenvalue weighted by molar-refractivity contribution is -0.384. The summed E-state index contributed by atoms with van der Waals surface area (Å²) in [6.07, 6.45) is 0.570. The predicted octanol–water partition coefficient (Wildman–Crippen LogP) is -0.00620. The number of carboxylic acid groups (broad SMARTS) is 1. The summed E-state index contributed by atoms with van der Waals surface area (Å²) in [7, 11) is 0. The third-order valence-corrected chi connectivity index (χ3v) is 2.53. The molecule has 1 aliphatic heterocycles. The first-order valence-electron chi connectivity index (χ1n) is 5.10. The first kappa shape index (κ1) is 12.6. The molecule has 1 aromatic heterocycles. The number of carboxylic acids is 1. The molecule has 1 aliphatic rings. The molecule has 1 aromatic rings. The second-order valence-corrected chi connectivity index (χ2v) is 3.82. The van der Waals surface area contributed by atoms with Gasteiger partial charge in [0.15, 0.2) is 5.78 Å². The monoisotopic (exact) mass is 265 g/mol. The highest BCUT2D eigenvalue weighted by atomic mass is 16.6. The number of Topliss-reactive ketones (excluding diaryl/α,β-unsaturated/α-hetero) is 1. The van der Waals surface area contributed by atoms with Gasteiger partial charge in [0.05, 0.1) is 23.5 Å². The molecule has 0 aromatic carbocycles. The van der Waals surface area contributed by atoms with E-state index in [4.69, 9.17) is 5.11 Å². The molecule has 0 aliphatic carbocycles. The molecule has 0 bridgehead atoms. The Labute approximate surface area is 105 Å². The van der Waals surface area contributed by atoms with E-state index < -0.39 is 22.5 Å². The Hall–Kier alpha value is -2.84. The first-order chi connectivity index (χ1) is 8.90. The molecule has 2 heterocycles. The van der Waals surface area contributed by atoms with Crippen LogP contribution in [0.1, 0.15) is 16.8 Å². The van der Waals surface area contributed by atoms with Crippen molar-refractivity contribution in [3.8, 4) is 0 Å². The van der Waals surface area contributed by atoms with Crippen LogP contribution in [-0.2, 0) is 9.59 Å². The Bertz CT molecular complexity index is 611. The summed E-state index contributed by atoms with van der Waals surface area (Å²) in [4.78, 5) is 47.9. The average Bonchev–Trinajstić information content (AvgIpc) is 2.67. The fourth-order valence-electron chi connectivity index (χ4n) is 1.68. The molecule has 1 N–H and O–H groups in total. The molecule has 98 valence electrons. The molecule has 1 fully saturated rings. The van der Waals surface area contributed by atoms with Crippen molar-refractivity contribution in [1.29, 1.82) is 0 Å². The van der Waals surface area contributed by atoms with Crippen LogP contribution in [0.3, 0.4) is 0 Å². The van der Waals surface area contributed by atoms with Crippen LogP contribution in [0, 0.1) is 10.1 Å². The normalized spacial score (nSPS) is 14.8. The zero-order valence-corrected chi connectivity index (χ0v) is 9.40.